The predicted octanol–water partition coefficient (Wildman–Crippen LogP) is -4.63. The average molecular weight is 1580 g/mol. The number of carbonyl (C=O) groups is 16. The van der Waals surface area contributed by atoms with Gasteiger partial charge < -0.3 is 116 Å². The Morgan fingerprint density at radius 2 is 1.09 bits per heavy atom. The van der Waals surface area contributed by atoms with E-state index in [9.17, 15) is 92.3 Å². The Hall–Kier alpha value is -10.7. The number of aliphatic hydroxyl groups excluding tert-OH is 3. The van der Waals surface area contributed by atoms with Gasteiger partial charge in [-0.2, -0.15) is 0 Å². The maximum atomic E-state index is 15.1. The zero-order valence-corrected chi connectivity index (χ0v) is 64.6. The number of fused-ring (bicyclic) bond motifs is 1. The smallest absolute Gasteiger partial charge is 0.329 e. The number of aliphatic hydroxyl groups is 3. The highest BCUT2D eigenvalue weighted by atomic mass is 16.5. The molecule has 0 bridgehead atoms. The summed E-state index contributed by atoms with van der Waals surface area (Å²) in [7, 11) is 2.52. The van der Waals surface area contributed by atoms with Gasteiger partial charge in [0.2, 0.25) is 82.7 Å². The summed E-state index contributed by atoms with van der Waals surface area (Å²) < 4.78 is 6.02. The molecule has 0 spiro atoms. The van der Waals surface area contributed by atoms with Gasteiger partial charge in [0.25, 0.3) is 0 Å². The zero-order valence-electron chi connectivity index (χ0n) is 64.6. The molecule has 2 aromatic carbocycles. The summed E-state index contributed by atoms with van der Waals surface area (Å²) >= 11 is 0. The number of aromatic nitrogens is 1. The number of hydrogen-bond acceptors (Lipinski definition) is 22. The third-order valence-electron chi connectivity index (χ3n) is 18.6. The third-order valence-corrected chi connectivity index (χ3v) is 18.6. The number of nitrogens with zero attached hydrogens (tertiary/aromatic N) is 2. The Kier molecular flexibility index (Phi) is 39.2. The molecule has 38 heteroatoms. The van der Waals surface area contributed by atoms with Crippen LogP contribution in [0.15, 0.2) is 60.8 Å². The fourth-order valence-corrected chi connectivity index (χ4v) is 12.5. The number of esters is 1. The maximum Gasteiger partial charge on any atom is 0.329 e. The summed E-state index contributed by atoms with van der Waals surface area (Å²) in [6.07, 6.45) is -5.85. The van der Waals surface area contributed by atoms with Crippen molar-refractivity contribution in [3.8, 4) is 0 Å². The van der Waals surface area contributed by atoms with E-state index >= 15 is 4.79 Å². The van der Waals surface area contributed by atoms with Crippen LogP contribution in [-0.2, 0) is 94.3 Å². The largest absolute Gasteiger partial charge is 0.481 e. The van der Waals surface area contributed by atoms with Crippen LogP contribution in [0.1, 0.15) is 136 Å². The van der Waals surface area contributed by atoms with Gasteiger partial charge in [-0.15, -0.1) is 0 Å². The molecule has 4 rings (SSSR count). The van der Waals surface area contributed by atoms with Crippen LogP contribution in [0.5, 0.6) is 0 Å². The first-order chi connectivity index (χ1) is 52.9. The minimum Gasteiger partial charge on any atom is -0.481 e. The number of hydrogen-bond donors (Lipinski definition) is 19. The molecule has 7 unspecified atom stereocenters. The van der Waals surface area contributed by atoms with Crippen LogP contribution in [0, 0.1) is 17.8 Å². The van der Waals surface area contributed by atoms with Crippen molar-refractivity contribution in [2.45, 2.75) is 217 Å². The summed E-state index contributed by atoms with van der Waals surface area (Å²) in [5.41, 5.74) is 24.5. The number of nitrogens with two attached hydrogens (primary N) is 4. The molecule has 1 saturated heterocycles. The standard InChI is InChI=1S/C74H113N17O21/c1-39(2)17-14-20-44-34-57(95)81-54(38-93)70(107)89-60(62(99)63(78)100)72(109)88-53(37-92)64(101)79-30-27-58(96)90(7)55(32-42-18-10-9-11-19-42)71(108)87-50(31-40(3)4)67(104)82-47(23-15-28-75)65(102)83-48(25-26-59(97)98)66(103)86-52(35-56(77)94)69(106)85-51(33-43-36-80-46-22-13-12-21-45(43)46)68(105)84-49(24-16-29-76)73(110)91(8)61(41(5)6)74(111)112-44/h9-13,18-19,21-22,36,39-41,44,47-55,60-62,80,92-93,99H,14-17,20,23-35,37-38,75-76H2,1-8H3,(H2,77,94)(H2,78,100)(H,79,101)(H,81,95)(H,82,104)(H,83,102)(H,84,105)(H,85,106)(H,86,103)(H,87,108)(H,88,109)(H,89,107)(H,97,98)/t44?,47-,48?,49-,50?,51?,52-,53-,54-,55?,60?,61?,62+/m0/s1. The van der Waals surface area contributed by atoms with Gasteiger partial charge in [-0.05, 0) is 99.4 Å². The molecule has 14 amide bonds. The Balaban J connectivity index is 1.91. The molecule has 38 nitrogen and oxygen atoms in total. The van der Waals surface area contributed by atoms with Crippen LogP contribution in [0.3, 0.4) is 0 Å². The van der Waals surface area contributed by atoms with Crippen molar-refractivity contribution in [1.82, 2.24) is 68.0 Å². The highest BCUT2D eigenvalue weighted by Gasteiger charge is 2.42. The second-order valence-electron chi connectivity index (χ2n) is 28.9. The Bertz CT molecular complexity index is 3730. The minimum absolute atomic E-state index is 0.0181. The summed E-state index contributed by atoms with van der Waals surface area (Å²) in [4.78, 5) is 230. The quantitative estimate of drug-likeness (QED) is 0.0336. The van der Waals surface area contributed by atoms with Crippen molar-refractivity contribution in [3.63, 3.8) is 0 Å². The monoisotopic (exact) mass is 1580 g/mol. The average Bonchev–Trinajstić information content (AvgIpc) is 1.60. The molecule has 3 aromatic rings. The number of carboxylic acid groups (broad SMARTS) is 1. The zero-order chi connectivity index (χ0) is 83.6. The molecular weight excluding hydrogens is 1460 g/mol. The number of benzene rings is 2. The van der Waals surface area contributed by atoms with Crippen molar-refractivity contribution < 1.29 is 102 Å². The minimum atomic E-state index is -2.56. The molecule has 13 atom stereocenters. The number of carbonyl (C=O) groups excluding carboxylic acids is 15. The van der Waals surface area contributed by atoms with E-state index in [1.54, 1.807) is 88.5 Å². The highest BCUT2D eigenvalue weighted by Crippen LogP contribution is 2.23. The number of primary amides is 2. The first kappa shape index (κ1) is 93.7. The second kappa shape index (κ2) is 46.8. The fraction of sp³-hybridized carbons (Fsp3) is 0.595. The number of amides is 14. The molecule has 1 fully saturated rings. The van der Waals surface area contributed by atoms with Crippen molar-refractivity contribution >= 4 is 106 Å². The molecule has 1 aliphatic heterocycles. The van der Waals surface area contributed by atoms with Crippen LogP contribution in [0.25, 0.3) is 10.9 Å². The van der Waals surface area contributed by atoms with E-state index in [2.05, 4.69) is 52.8 Å². The summed E-state index contributed by atoms with van der Waals surface area (Å²) in [5, 5.41) is 66.3. The molecule has 1 aromatic heterocycles. The molecule has 0 aliphatic carbocycles. The third kappa shape index (κ3) is 30.2. The highest BCUT2D eigenvalue weighted by molar-refractivity contribution is 6.01. The van der Waals surface area contributed by atoms with Crippen LogP contribution in [0.2, 0.25) is 0 Å². The normalized spacial score (nSPS) is 24.2. The predicted molar refractivity (Wildman–Crippen MR) is 404 cm³/mol. The number of aromatic amines is 1. The van der Waals surface area contributed by atoms with Gasteiger partial charge >= 0.3 is 11.9 Å². The number of nitrogens with one attached hydrogen (secondary N) is 11. The molecule has 1 aliphatic rings. The summed E-state index contributed by atoms with van der Waals surface area (Å²) in [5.74, 6) is -19.4. The van der Waals surface area contributed by atoms with Gasteiger partial charge in [-0.3, -0.25) is 71.9 Å². The molecule has 2 heterocycles. The topological polar surface area (TPSA) is 610 Å². The van der Waals surface area contributed by atoms with Crippen molar-refractivity contribution in [1.29, 1.82) is 0 Å². The molecular formula is C74H113N17O21. The van der Waals surface area contributed by atoms with Crippen molar-refractivity contribution in [2.75, 3.05) is 46.9 Å². The van der Waals surface area contributed by atoms with Crippen LogP contribution in [0.4, 0.5) is 0 Å². The van der Waals surface area contributed by atoms with Crippen LogP contribution >= 0.6 is 0 Å². The molecule has 112 heavy (non-hydrogen) atoms. The Morgan fingerprint density at radius 1 is 0.562 bits per heavy atom. The number of H-pyrrole nitrogens is 1. The first-order valence-corrected chi connectivity index (χ1v) is 37.4. The number of cyclic esters (lactones) is 1. The lowest BCUT2D eigenvalue weighted by Gasteiger charge is -2.34. The van der Waals surface area contributed by atoms with E-state index in [1.165, 1.54) is 14.1 Å². The summed E-state index contributed by atoms with van der Waals surface area (Å²) in [6, 6.07) is -3.99. The maximum absolute atomic E-state index is 15.1. The fourth-order valence-electron chi connectivity index (χ4n) is 12.5. The number of likely N-dealkylation sites (N-methyl/N-ethyl adjacent to an activating group) is 2. The number of carboxylic acids is 1. The van der Waals surface area contributed by atoms with Crippen LogP contribution < -0.4 is 76.1 Å². The van der Waals surface area contributed by atoms with Gasteiger partial charge in [0.15, 0.2) is 6.10 Å². The van der Waals surface area contributed by atoms with Crippen LogP contribution in [-0.4, -0.2) is 255 Å². The van der Waals surface area contributed by atoms with Gasteiger partial charge in [0.05, 0.1) is 26.1 Å². The number of ether oxygens (including phenoxy) is 1. The summed E-state index contributed by atoms with van der Waals surface area (Å²) in [6.45, 7) is 7.46. The first-order valence-electron chi connectivity index (χ1n) is 37.4. The van der Waals surface area contributed by atoms with E-state index in [-0.39, 0.29) is 76.3 Å². The van der Waals surface area contributed by atoms with E-state index in [4.69, 9.17) is 27.7 Å². The van der Waals surface area contributed by atoms with Gasteiger partial charge in [0, 0.05) is 63.4 Å². The van der Waals surface area contributed by atoms with E-state index in [1.807, 2.05) is 19.2 Å². The lowest BCUT2D eigenvalue weighted by atomic mass is 9.99. The van der Waals surface area contributed by atoms with Gasteiger partial charge in [0.1, 0.15) is 72.6 Å². The number of aliphatic carboxylic acids is 1. The van der Waals surface area contributed by atoms with Gasteiger partial charge in [-0.1, -0.05) is 96.5 Å². The molecule has 0 saturated carbocycles. The lowest BCUT2D eigenvalue weighted by molar-refractivity contribution is -0.162. The second-order valence-corrected chi connectivity index (χ2v) is 28.9. The van der Waals surface area contributed by atoms with Crippen molar-refractivity contribution in [3.05, 3.63) is 71.9 Å². The van der Waals surface area contributed by atoms with E-state index < -0.39 is 231 Å². The van der Waals surface area contributed by atoms with E-state index in [0.717, 1.165) is 9.80 Å². The van der Waals surface area contributed by atoms with E-state index in [0.29, 0.717) is 34.9 Å². The Morgan fingerprint density at radius 3 is 1.67 bits per heavy atom. The van der Waals surface area contributed by atoms with Crippen molar-refractivity contribution in [2.24, 2.45) is 40.7 Å². The molecule has 23 N–H and O–H groups in total. The number of rotatable bonds is 26. The molecule has 0 radical (unpaired) electrons. The Labute approximate surface area is 649 Å². The molecule has 620 valence electrons. The lowest BCUT2D eigenvalue weighted by Crippen LogP contribution is -2.63. The number of para-hydroxylation sites is 1. The SMILES string of the molecule is CC(C)CCCC1CC(=O)N[C@@H](CO)C(=O)NC([C@@H](O)C(N)=O)C(=O)N[C@@H](CO)C(=O)NCCC(=O)N(C)C(Cc2ccccc2)C(=O)NC(CC(C)C)C(=O)N[C@@H](CCCN)C(=O)NC(CCC(=O)O)C(=O)N[C@@H](CC(N)=O)C(=O)NC(Cc2c[nH]c3ccccc23)C(=O)N[C@@H](CCCN)C(=O)N(C)C(C(C)C)C(=O)O1. The van der Waals surface area contributed by atoms with Gasteiger partial charge in [-0.25, -0.2) is 4.79 Å².